The normalized spacial score (nSPS) is 22.2. The second kappa shape index (κ2) is 8.81. The van der Waals surface area contributed by atoms with Crippen LogP contribution in [0.5, 0.6) is 0 Å². The summed E-state index contributed by atoms with van der Waals surface area (Å²) in [6.45, 7) is 9.25. The van der Waals surface area contributed by atoms with Crippen molar-refractivity contribution >= 4 is 29.5 Å². The van der Waals surface area contributed by atoms with E-state index in [1.165, 1.54) is 0 Å². The number of allylic oxidation sites excluding steroid dienone is 1. The van der Waals surface area contributed by atoms with Crippen LogP contribution in [0.25, 0.3) is 0 Å². The average Bonchev–Trinajstić information content (AvgIpc) is 3.05. The number of nitrogens with two attached hydrogens (primary N) is 1. The number of carbonyl (C=O) groups is 3. The van der Waals surface area contributed by atoms with E-state index < -0.39 is 28.5 Å². The number of ether oxygens (including phenoxy) is 1. The molecule has 3 rings (SSSR count). The van der Waals surface area contributed by atoms with Gasteiger partial charge in [-0.15, -0.1) is 0 Å². The van der Waals surface area contributed by atoms with Crippen molar-refractivity contribution in [3.05, 3.63) is 46.0 Å². The summed E-state index contributed by atoms with van der Waals surface area (Å²) in [5.74, 6) is -1.05. The molecule has 1 aromatic rings. The monoisotopic (exact) mass is 431 g/mol. The zero-order chi connectivity index (χ0) is 22.1. The molecule has 0 radical (unpaired) electrons. The number of urea groups is 1. The fourth-order valence-electron chi connectivity index (χ4n) is 3.57. The van der Waals surface area contributed by atoms with Crippen LogP contribution in [0.15, 0.2) is 34.9 Å². The number of imide groups is 1. The van der Waals surface area contributed by atoms with Gasteiger partial charge in [0.1, 0.15) is 5.25 Å². The molecule has 1 fully saturated rings. The smallest absolute Gasteiger partial charge is 0.324 e. The zero-order valence-electron chi connectivity index (χ0n) is 17.9. The molecule has 0 spiro atoms. The summed E-state index contributed by atoms with van der Waals surface area (Å²) >= 11 is 1.15. The highest BCUT2D eigenvalue weighted by Crippen LogP contribution is 2.48. The fourth-order valence-corrected chi connectivity index (χ4v) is 4.79. The third-order valence-corrected chi connectivity index (χ3v) is 6.50. The summed E-state index contributed by atoms with van der Waals surface area (Å²) in [4.78, 5) is 40.4. The summed E-state index contributed by atoms with van der Waals surface area (Å²) in [6, 6.07) is 7.28. The van der Waals surface area contributed by atoms with Gasteiger partial charge in [-0.2, -0.15) is 0 Å². The quantitative estimate of drug-likeness (QED) is 0.763. The van der Waals surface area contributed by atoms with E-state index in [1.54, 1.807) is 4.90 Å². The average molecular weight is 432 g/mol. The first kappa shape index (κ1) is 22.4. The van der Waals surface area contributed by atoms with Gasteiger partial charge < -0.3 is 15.4 Å². The molecule has 30 heavy (non-hydrogen) atoms. The minimum Gasteiger partial charge on any atom is -0.393 e. The fraction of sp³-hybridized carbons (Fsp3) is 0.500. The Morgan fingerprint density at radius 1 is 1.13 bits per heavy atom. The standard InChI is InChI=1S/C22H29N3O4S/c1-13-5-7-14(8-6-13)15-16(18(26)22(2,3)4)19(23)30-17(15)20(27)24-21(28)25-9-11-29-12-10-25/h5-8,15,17H,9-12,23H2,1-4H3,(H,24,27,28)/t15-,17-/m0/s1. The maximum Gasteiger partial charge on any atom is 0.324 e. The number of hydrogen-bond donors (Lipinski definition) is 2. The van der Waals surface area contributed by atoms with Crippen molar-refractivity contribution < 1.29 is 19.1 Å². The van der Waals surface area contributed by atoms with E-state index >= 15 is 0 Å². The molecule has 2 atom stereocenters. The van der Waals surface area contributed by atoms with Crippen LogP contribution in [0.1, 0.15) is 37.8 Å². The highest BCUT2D eigenvalue weighted by molar-refractivity contribution is 8.04. The Balaban J connectivity index is 1.89. The Bertz CT molecular complexity index is 867. The Morgan fingerprint density at radius 3 is 2.30 bits per heavy atom. The van der Waals surface area contributed by atoms with Crippen LogP contribution in [-0.4, -0.2) is 54.2 Å². The van der Waals surface area contributed by atoms with Crippen LogP contribution in [0.4, 0.5) is 4.79 Å². The number of aryl methyl sites for hydroxylation is 1. The Hall–Kier alpha value is -2.32. The molecule has 8 heteroatoms. The van der Waals surface area contributed by atoms with Gasteiger partial charge in [-0.05, 0) is 12.5 Å². The van der Waals surface area contributed by atoms with Crippen LogP contribution in [0.2, 0.25) is 0 Å². The Labute approximate surface area is 181 Å². The van der Waals surface area contributed by atoms with Crippen molar-refractivity contribution in [2.45, 2.75) is 38.9 Å². The highest BCUT2D eigenvalue weighted by Gasteiger charge is 2.45. The maximum atomic E-state index is 13.2. The number of benzene rings is 1. The molecule has 0 unspecified atom stereocenters. The van der Waals surface area contributed by atoms with Gasteiger partial charge in [0, 0.05) is 30.0 Å². The molecule has 7 nitrogen and oxygen atoms in total. The molecular formula is C22H29N3O4S. The van der Waals surface area contributed by atoms with Gasteiger partial charge in [-0.3, -0.25) is 14.9 Å². The largest absolute Gasteiger partial charge is 0.393 e. The van der Waals surface area contributed by atoms with Crippen LogP contribution in [0.3, 0.4) is 0 Å². The number of morpholine rings is 1. The Morgan fingerprint density at radius 2 is 1.73 bits per heavy atom. The highest BCUT2D eigenvalue weighted by atomic mass is 32.2. The predicted octanol–water partition coefficient (Wildman–Crippen LogP) is 2.55. The van der Waals surface area contributed by atoms with E-state index in [-0.39, 0.29) is 5.78 Å². The van der Waals surface area contributed by atoms with Gasteiger partial charge >= 0.3 is 6.03 Å². The lowest BCUT2D eigenvalue weighted by molar-refractivity contribution is -0.122. The summed E-state index contributed by atoms with van der Waals surface area (Å²) in [6.07, 6.45) is 0. The molecule has 0 saturated carbocycles. The van der Waals surface area contributed by atoms with Crippen molar-refractivity contribution in [2.75, 3.05) is 26.3 Å². The second-order valence-corrected chi connectivity index (χ2v) is 9.86. The molecule has 3 N–H and O–H groups in total. The van der Waals surface area contributed by atoms with E-state index in [2.05, 4.69) is 5.32 Å². The van der Waals surface area contributed by atoms with Crippen molar-refractivity contribution in [1.82, 2.24) is 10.2 Å². The number of amides is 3. The minimum absolute atomic E-state index is 0.0899. The Kier molecular flexibility index (Phi) is 6.57. The lowest BCUT2D eigenvalue weighted by atomic mass is 9.78. The number of nitrogens with one attached hydrogen (secondary N) is 1. The molecule has 0 bridgehead atoms. The lowest BCUT2D eigenvalue weighted by Crippen LogP contribution is -2.50. The number of thioether (sulfide) groups is 1. The first-order valence-corrected chi connectivity index (χ1v) is 10.9. The van der Waals surface area contributed by atoms with E-state index in [0.717, 1.165) is 22.9 Å². The molecule has 0 aromatic heterocycles. The summed E-state index contributed by atoms with van der Waals surface area (Å²) in [5, 5.41) is 2.15. The number of nitrogens with zero attached hydrogens (tertiary/aromatic N) is 1. The van der Waals surface area contributed by atoms with Gasteiger partial charge in [0.25, 0.3) is 0 Å². The SMILES string of the molecule is Cc1ccc([C@H]2C(C(=O)C(C)(C)C)=C(N)S[C@@H]2C(=O)NC(=O)N2CCOCC2)cc1. The first-order chi connectivity index (χ1) is 14.1. The molecule has 1 saturated heterocycles. The first-order valence-electron chi connectivity index (χ1n) is 10.0. The van der Waals surface area contributed by atoms with Crippen molar-refractivity contribution in [3.8, 4) is 0 Å². The molecule has 2 aliphatic heterocycles. The topological polar surface area (TPSA) is 102 Å². The van der Waals surface area contributed by atoms with E-state index in [4.69, 9.17) is 10.5 Å². The van der Waals surface area contributed by atoms with Gasteiger partial charge in [0.05, 0.1) is 18.2 Å². The molecular weight excluding hydrogens is 402 g/mol. The van der Waals surface area contributed by atoms with Crippen molar-refractivity contribution in [1.29, 1.82) is 0 Å². The third kappa shape index (κ3) is 4.70. The summed E-state index contributed by atoms with van der Waals surface area (Å²) < 4.78 is 5.25. The molecule has 162 valence electrons. The van der Waals surface area contributed by atoms with Crippen LogP contribution in [-0.2, 0) is 14.3 Å². The zero-order valence-corrected chi connectivity index (χ0v) is 18.7. The molecule has 1 aromatic carbocycles. The van der Waals surface area contributed by atoms with Crippen LogP contribution >= 0.6 is 11.8 Å². The number of rotatable bonds is 3. The van der Waals surface area contributed by atoms with E-state index in [9.17, 15) is 14.4 Å². The van der Waals surface area contributed by atoms with Gasteiger partial charge in [-0.25, -0.2) is 4.79 Å². The lowest BCUT2D eigenvalue weighted by Gasteiger charge is -2.28. The maximum absolute atomic E-state index is 13.2. The molecule has 3 amide bonds. The van der Waals surface area contributed by atoms with E-state index in [0.29, 0.717) is 36.9 Å². The molecule has 0 aliphatic carbocycles. The summed E-state index contributed by atoms with van der Waals surface area (Å²) in [7, 11) is 0. The van der Waals surface area contributed by atoms with E-state index in [1.807, 2.05) is 52.0 Å². The number of ketones is 1. The van der Waals surface area contributed by atoms with Crippen LogP contribution < -0.4 is 11.1 Å². The van der Waals surface area contributed by atoms with Gasteiger partial charge in [0.15, 0.2) is 5.78 Å². The minimum atomic E-state index is -0.695. The summed E-state index contributed by atoms with van der Waals surface area (Å²) in [5.41, 5.74) is 7.99. The number of hydrogen-bond acceptors (Lipinski definition) is 6. The van der Waals surface area contributed by atoms with Crippen molar-refractivity contribution in [3.63, 3.8) is 0 Å². The van der Waals surface area contributed by atoms with Gasteiger partial charge in [0.2, 0.25) is 5.91 Å². The molecule has 2 aliphatic rings. The predicted molar refractivity (Wildman–Crippen MR) is 117 cm³/mol. The number of carbonyl (C=O) groups excluding carboxylic acids is 3. The molecule has 2 heterocycles. The second-order valence-electron chi connectivity index (χ2n) is 8.68. The third-order valence-electron chi connectivity index (χ3n) is 5.28. The van der Waals surface area contributed by atoms with Crippen molar-refractivity contribution in [2.24, 2.45) is 11.1 Å². The van der Waals surface area contributed by atoms with Crippen LogP contribution in [0, 0.1) is 12.3 Å². The number of Topliss-reactive ketones (excluding diaryl/α,β-unsaturated/α-hetero) is 1. The van der Waals surface area contributed by atoms with Gasteiger partial charge in [-0.1, -0.05) is 62.4 Å².